The zero-order valence-corrected chi connectivity index (χ0v) is 15.3. The summed E-state index contributed by atoms with van der Waals surface area (Å²) in [6, 6.07) is 1.94. The number of ether oxygens (including phenoxy) is 1. The Balaban J connectivity index is 1.43. The Morgan fingerprint density at radius 2 is 2.04 bits per heavy atom. The van der Waals surface area contributed by atoms with E-state index in [9.17, 15) is 4.79 Å². The van der Waals surface area contributed by atoms with Gasteiger partial charge in [0.05, 0.1) is 11.9 Å². The molecule has 2 aliphatic rings. The van der Waals surface area contributed by atoms with Crippen molar-refractivity contribution in [2.45, 2.75) is 31.6 Å². The highest BCUT2D eigenvalue weighted by Gasteiger charge is 2.31. The van der Waals surface area contributed by atoms with E-state index in [0.717, 1.165) is 44.5 Å². The first kappa shape index (κ1) is 17.8. The number of likely N-dealkylation sites (tertiary alicyclic amines) is 1. The van der Waals surface area contributed by atoms with E-state index in [4.69, 9.17) is 4.74 Å². The highest BCUT2D eigenvalue weighted by Crippen LogP contribution is 2.28. The van der Waals surface area contributed by atoms with Gasteiger partial charge in [-0.2, -0.15) is 0 Å². The monoisotopic (exact) mass is 368 g/mol. The number of carbonyl (C=O) groups excluding carboxylic acids is 1. The van der Waals surface area contributed by atoms with Crippen molar-refractivity contribution in [1.82, 2.24) is 24.8 Å². The minimum absolute atomic E-state index is 0.108. The molecule has 8 heteroatoms. The summed E-state index contributed by atoms with van der Waals surface area (Å²) in [7, 11) is 0. The summed E-state index contributed by atoms with van der Waals surface area (Å²) in [5, 5.41) is 3.08. The Bertz CT molecular complexity index is 766. The van der Waals surface area contributed by atoms with Crippen molar-refractivity contribution in [3.05, 3.63) is 36.5 Å². The third kappa shape index (κ3) is 4.39. The molecule has 2 saturated heterocycles. The molecule has 1 N–H and O–H groups in total. The van der Waals surface area contributed by atoms with Crippen molar-refractivity contribution in [2.75, 3.05) is 31.6 Å². The molecule has 2 aromatic heterocycles. The molecule has 2 aromatic rings. The lowest BCUT2D eigenvalue weighted by atomic mass is 9.92. The molecular weight excluding hydrogens is 344 g/mol. The van der Waals surface area contributed by atoms with Crippen LogP contribution in [0.1, 0.15) is 37.3 Å². The van der Waals surface area contributed by atoms with E-state index < -0.39 is 0 Å². The van der Waals surface area contributed by atoms with Gasteiger partial charge in [-0.05, 0) is 31.7 Å². The molecule has 0 aliphatic carbocycles. The van der Waals surface area contributed by atoms with Gasteiger partial charge in [0.2, 0.25) is 11.9 Å². The van der Waals surface area contributed by atoms with Gasteiger partial charge in [-0.1, -0.05) is 0 Å². The summed E-state index contributed by atoms with van der Waals surface area (Å²) >= 11 is 0. The summed E-state index contributed by atoms with van der Waals surface area (Å²) < 4.78 is 5.39. The predicted molar refractivity (Wildman–Crippen MR) is 99.4 cm³/mol. The van der Waals surface area contributed by atoms with Crippen LogP contribution in [0.25, 0.3) is 0 Å². The topological polar surface area (TPSA) is 93.1 Å². The maximum atomic E-state index is 12.8. The van der Waals surface area contributed by atoms with E-state index in [1.807, 2.05) is 11.0 Å². The smallest absolute Gasteiger partial charge is 0.228 e. The number of nitrogens with one attached hydrogen (secondary N) is 1. The van der Waals surface area contributed by atoms with E-state index in [-0.39, 0.29) is 17.7 Å². The number of carbonyl (C=O) groups is 1. The summed E-state index contributed by atoms with van der Waals surface area (Å²) in [6.07, 6.45) is 10.3. The van der Waals surface area contributed by atoms with Crippen molar-refractivity contribution in [2.24, 2.45) is 5.92 Å². The number of nitrogens with zero attached hydrogens (tertiary/aromatic N) is 5. The molecule has 0 saturated carbocycles. The number of hydrogen-bond acceptors (Lipinski definition) is 7. The standard InChI is InChI=1S/C19H24N6O2/c26-18(14-4-10-27-11-5-14)25-9-1-2-15(13-25)16-3-6-22-19(23-16)24-17-12-20-7-8-21-17/h3,6-8,12,14-15H,1-2,4-5,9-11,13H2,(H,21,22,23,24)/t15-/m0/s1. The first-order valence-electron chi connectivity index (χ1n) is 9.52. The van der Waals surface area contributed by atoms with Crippen molar-refractivity contribution < 1.29 is 9.53 Å². The largest absolute Gasteiger partial charge is 0.381 e. The Morgan fingerprint density at radius 3 is 2.85 bits per heavy atom. The van der Waals surface area contributed by atoms with Gasteiger partial charge < -0.3 is 15.0 Å². The molecule has 1 atom stereocenters. The van der Waals surface area contributed by atoms with Crippen LogP contribution >= 0.6 is 0 Å². The molecule has 0 spiro atoms. The van der Waals surface area contributed by atoms with Gasteiger partial charge in [0.15, 0.2) is 5.82 Å². The first-order valence-corrected chi connectivity index (χ1v) is 9.52. The van der Waals surface area contributed by atoms with E-state index in [1.165, 1.54) is 0 Å². The maximum Gasteiger partial charge on any atom is 0.228 e. The molecule has 27 heavy (non-hydrogen) atoms. The highest BCUT2D eigenvalue weighted by molar-refractivity contribution is 5.79. The first-order chi connectivity index (χ1) is 13.3. The zero-order chi connectivity index (χ0) is 18.5. The van der Waals surface area contributed by atoms with E-state index >= 15 is 0 Å². The molecule has 8 nitrogen and oxygen atoms in total. The van der Waals surface area contributed by atoms with E-state index in [0.29, 0.717) is 25.0 Å². The predicted octanol–water partition coefficient (Wildman–Crippen LogP) is 2.14. The van der Waals surface area contributed by atoms with E-state index in [1.54, 1.807) is 24.8 Å². The number of rotatable bonds is 4. The maximum absolute atomic E-state index is 12.8. The number of hydrogen-bond donors (Lipinski definition) is 1. The Morgan fingerprint density at radius 1 is 1.15 bits per heavy atom. The average molecular weight is 368 g/mol. The van der Waals surface area contributed by atoms with E-state index in [2.05, 4.69) is 25.3 Å². The Kier molecular flexibility index (Phi) is 5.53. The van der Waals surface area contributed by atoms with Gasteiger partial charge in [-0.25, -0.2) is 15.0 Å². The molecule has 0 radical (unpaired) electrons. The van der Waals surface area contributed by atoms with Crippen molar-refractivity contribution in [3.8, 4) is 0 Å². The second-order valence-electron chi connectivity index (χ2n) is 7.03. The lowest BCUT2D eigenvalue weighted by Gasteiger charge is -2.35. The number of anilines is 2. The van der Waals surface area contributed by atoms with Crippen LogP contribution in [0.5, 0.6) is 0 Å². The summed E-state index contributed by atoms with van der Waals surface area (Å²) in [5.74, 6) is 1.72. The van der Waals surface area contributed by atoms with Crippen LogP contribution in [0.3, 0.4) is 0 Å². The number of aromatic nitrogens is 4. The van der Waals surface area contributed by atoms with Crippen LogP contribution in [0.15, 0.2) is 30.9 Å². The molecular formula is C19H24N6O2. The summed E-state index contributed by atoms with van der Waals surface area (Å²) in [4.78, 5) is 32.0. The average Bonchev–Trinajstić information content (AvgIpc) is 2.75. The molecule has 0 unspecified atom stereocenters. The lowest BCUT2D eigenvalue weighted by Crippen LogP contribution is -2.43. The van der Waals surface area contributed by atoms with Gasteiger partial charge in [0.25, 0.3) is 0 Å². The fourth-order valence-electron chi connectivity index (χ4n) is 3.76. The minimum atomic E-state index is 0.108. The minimum Gasteiger partial charge on any atom is -0.381 e. The van der Waals surface area contributed by atoms with Crippen LogP contribution < -0.4 is 5.32 Å². The van der Waals surface area contributed by atoms with Gasteiger partial charge in [-0.3, -0.25) is 9.78 Å². The van der Waals surface area contributed by atoms with Crippen LogP contribution in [0, 0.1) is 5.92 Å². The molecule has 2 fully saturated rings. The molecule has 0 bridgehead atoms. The third-order valence-electron chi connectivity index (χ3n) is 5.20. The van der Waals surface area contributed by atoms with Gasteiger partial charge in [-0.15, -0.1) is 0 Å². The zero-order valence-electron chi connectivity index (χ0n) is 15.3. The Hall–Kier alpha value is -2.61. The third-order valence-corrected chi connectivity index (χ3v) is 5.20. The second kappa shape index (κ2) is 8.39. The fourth-order valence-corrected chi connectivity index (χ4v) is 3.76. The SMILES string of the molecule is O=C(C1CCOCC1)N1CCC[C@H](c2ccnc(Nc3cnccn3)n2)C1. The quantitative estimate of drug-likeness (QED) is 0.884. The molecule has 2 aliphatic heterocycles. The van der Waals surface area contributed by atoms with Crippen LogP contribution in [-0.4, -0.2) is 57.0 Å². The van der Waals surface area contributed by atoms with Crippen molar-refractivity contribution in [3.63, 3.8) is 0 Å². The van der Waals surface area contributed by atoms with Crippen LogP contribution in [-0.2, 0) is 9.53 Å². The van der Waals surface area contributed by atoms with Gasteiger partial charge in [0, 0.05) is 56.7 Å². The summed E-state index contributed by atoms with van der Waals surface area (Å²) in [6.45, 7) is 2.94. The van der Waals surface area contributed by atoms with Crippen LogP contribution in [0.2, 0.25) is 0 Å². The lowest BCUT2D eigenvalue weighted by molar-refractivity contribution is -0.139. The van der Waals surface area contributed by atoms with Gasteiger partial charge in [0.1, 0.15) is 0 Å². The van der Waals surface area contributed by atoms with Gasteiger partial charge >= 0.3 is 0 Å². The normalized spacial score (nSPS) is 21.0. The highest BCUT2D eigenvalue weighted by atomic mass is 16.5. The molecule has 4 heterocycles. The van der Waals surface area contributed by atoms with Crippen molar-refractivity contribution >= 4 is 17.7 Å². The molecule has 1 amide bonds. The van der Waals surface area contributed by atoms with Crippen LogP contribution in [0.4, 0.5) is 11.8 Å². The Labute approximate surface area is 158 Å². The van der Waals surface area contributed by atoms with Crippen molar-refractivity contribution in [1.29, 1.82) is 0 Å². The molecule has 142 valence electrons. The second-order valence-corrected chi connectivity index (χ2v) is 7.03. The summed E-state index contributed by atoms with van der Waals surface area (Å²) in [5.41, 5.74) is 0.959. The molecule has 4 rings (SSSR count). The number of piperidine rings is 1. The molecule has 0 aromatic carbocycles. The fraction of sp³-hybridized carbons (Fsp3) is 0.526. The number of amides is 1.